The molecule has 1 aromatic carbocycles. The van der Waals surface area contributed by atoms with Gasteiger partial charge in [-0.2, -0.15) is 13.2 Å². The molecule has 0 amide bonds. The second kappa shape index (κ2) is 4.86. The van der Waals surface area contributed by atoms with Crippen LogP contribution in [-0.4, -0.2) is 16.1 Å². The summed E-state index contributed by atoms with van der Waals surface area (Å²) in [6, 6.07) is 4.13. The van der Waals surface area contributed by atoms with E-state index in [9.17, 15) is 31.1 Å². The number of hydrogen-bond acceptors (Lipinski definition) is 2. The predicted molar refractivity (Wildman–Crippen MR) is 58.1 cm³/mol. The number of nitrogens with zero attached hydrogens (tertiary/aromatic N) is 1. The van der Waals surface area contributed by atoms with Crippen molar-refractivity contribution in [2.24, 2.45) is 0 Å². The number of hydrogen-bond donors (Lipinski definition) is 1. The van der Waals surface area contributed by atoms with Crippen LogP contribution in [0.5, 0.6) is 5.75 Å². The molecule has 0 aliphatic heterocycles. The number of alkyl halides is 6. The largest absolute Gasteiger partial charge is 0.573 e. The van der Waals surface area contributed by atoms with E-state index in [2.05, 4.69) is 4.74 Å². The molecule has 0 aliphatic rings. The lowest BCUT2D eigenvalue weighted by atomic mass is 10.3. The maximum Gasteiger partial charge on any atom is 0.573 e. The van der Waals surface area contributed by atoms with E-state index >= 15 is 0 Å². The van der Waals surface area contributed by atoms with E-state index in [1.807, 2.05) is 5.10 Å². The van der Waals surface area contributed by atoms with Gasteiger partial charge < -0.3 is 4.74 Å². The van der Waals surface area contributed by atoms with Crippen molar-refractivity contribution in [3.63, 3.8) is 0 Å². The number of halogens is 6. The van der Waals surface area contributed by atoms with E-state index in [0.717, 1.165) is 24.3 Å². The van der Waals surface area contributed by atoms with Crippen LogP contribution in [0, 0.1) is 0 Å². The highest BCUT2D eigenvalue weighted by Gasteiger charge is 2.34. The zero-order valence-corrected chi connectivity index (χ0v) is 9.92. The summed E-state index contributed by atoms with van der Waals surface area (Å²) in [7, 11) is 0. The summed E-state index contributed by atoms with van der Waals surface area (Å²) >= 11 is 0. The molecule has 1 heterocycles. The van der Waals surface area contributed by atoms with Crippen LogP contribution in [0.1, 0.15) is 5.69 Å². The lowest BCUT2D eigenvalue weighted by Crippen LogP contribution is -2.17. The first-order chi connectivity index (χ1) is 9.56. The molecule has 114 valence electrons. The maximum atomic E-state index is 12.4. The van der Waals surface area contributed by atoms with Crippen molar-refractivity contribution in [2.75, 3.05) is 0 Å². The van der Waals surface area contributed by atoms with E-state index < -0.39 is 29.5 Å². The fourth-order valence-corrected chi connectivity index (χ4v) is 1.53. The molecule has 0 unspecified atom stereocenters. The molecule has 0 spiro atoms. The molecular weight excluding hydrogens is 306 g/mol. The van der Waals surface area contributed by atoms with Crippen molar-refractivity contribution in [3.8, 4) is 11.4 Å². The average molecular weight is 312 g/mol. The summed E-state index contributed by atoms with van der Waals surface area (Å²) in [5.74, 6) is -0.554. The third-order valence-corrected chi connectivity index (χ3v) is 2.35. The highest BCUT2D eigenvalue weighted by atomic mass is 19.4. The van der Waals surface area contributed by atoms with Gasteiger partial charge in [-0.3, -0.25) is 9.89 Å². The summed E-state index contributed by atoms with van der Waals surface area (Å²) in [5.41, 5.74) is -2.32. The van der Waals surface area contributed by atoms with Gasteiger partial charge in [0, 0.05) is 6.07 Å². The Morgan fingerprint density at radius 3 is 2.00 bits per heavy atom. The van der Waals surface area contributed by atoms with Crippen molar-refractivity contribution in [2.45, 2.75) is 12.5 Å². The molecule has 1 N–H and O–H groups in total. The van der Waals surface area contributed by atoms with Gasteiger partial charge in [-0.1, -0.05) is 0 Å². The molecule has 0 fully saturated rings. The Labute approximate surface area is 112 Å². The zero-order valence-electron chi connectivity index (χ0n) is 9.92. The number of aromatic amines is 1. The van der Waals surface area contributed by atoms with Crippen LogP contribution in [0.2, 0.25) is 0 Å². The van der Waals surface area contributed by atoms with Crippen molar-refractivity contribution in [1.82, 2.24) is 9.78 Å². The minimum Gasteiger partial charge on any atom is -0.406 e. The fourth-order valence-electron chi connectivity index (χ4n) is 1.53. The summed E-state index contributed by atoms with van der Waals surface area (Å²) in [5, 5.41) is 1.82. The normalized spacial score (nSPS) is 12.5. The van der Waals surface area contributed by atoms with Gasteiger partial charge in [-0.15, -0.1) is 13.2 Å². The summed E-state index contributed by atoms with van der Waals surface area (Å²) in [4.78, 5) is 11.4. The summed E-state index contributed by atoms with van der Waals surface area (Å²) in [6.45, 7) is 0. The van der Waals surface area contributed by atoms with Crippen LogP contribution < -0.4 is 10.3 Å². The van der Waals surface area contributed by atoms with E-state index in [-0.39, 0.29) is 5.69 Å². The van der Waals surface area contributed by atoms with Crippen LogP contribution >= 0.6 is 0 Å². The topological polar surface area (TPSA) is 47.0 Å². The quantitative estimate of drug-likeness (QED) is 0.866. The molecular formula is C11H6F6N2O2. The van der Waals surface area contributed by atoms with Gasteiger partial charge in [0.15, 0.2) is 0 Å². The van der Waals surface area contributed by atoms with Crippen LogP contribution in [0.4, 0.5) is 26.3 Å². The number of ether oxygens (including phenoxy) is 1. The molecule has 0 bridgehead atoms. The lowest BCUT2D eigenvalue weighted by Gasteiger charge is -2.09. The van der Waals surface area contributed by atoms with Crippen molar-refractivity contribution < 1.29 is 31.1 Å². The van der Waals surface area contributed by atoms with Crippen LogP contribution in [0.15, 0.2) is 35.1 Å². The second-order valence-corrected chi connectivity index (χ2v) is 3.88. The summed E-state index contributed by atoms with van der Waals surface area (Å²) < 4.78 is 77.3. The third-order valence-electron chi connectivity index (χ3n) is 2.35. The summed E-state index contributed by atoms with van der Waals surface area (Å²) in [6.07, 6.45) is -9.61. The van der Waals surface area contributed by atoms with Gasteiger partial charge in [0.1, 0.15) is 11.4 Å². The molecule has 1 aromatic heterocycles. The van der Waals surface area contributed by atoms with Crippen molar-refractivity contribution in [3.05, 3.63) is 46.4 Å². The molecule has 2 aromatic rings. The van der Waals surface area contributed by atoms with Crippen LogP contribution in [0.25, 0.3) is 5.69 Å². The van der Waals surface area contributed by atoms with Crippen molar-refractivity contribution >= 4 is 0 Å². The van der Waals surface area contributed by atoms with Gasteiger partial charge in [0.2, 0.25) is 0 Å². The standard InChI is InChI=1S/C11H6F6N2O2/c12-10(13,14)8-5-9(20)19(18-8)6-1-3-7(4-2-6)21-11(15,16)17/h1-5,18H. The Hall–Kier alpha value is -2.39. The molecule has 0 atom stereocenters. The van der Waals surface area contributed by atoms with Gasteiger partial charge in [0.25, 0.3) is 5.56 Å². The van der Waals surface area contributed by atoms with E-state index in [4.69, 9.17) is 0 Å². The van der Waals surface area contributed by atoms with Gasteiger partial charge in [-0.05, 0) is 24.3 Å². The molecule has 10 heteroatoms. The lowest BCUT2D eigenvalue weighted by molar-refractivity contribution is -0.274. The van der Waals surface area contributed by atoms with Crippen molar-refractivity contribution in [1.29, 1.82) is 0 Å². The number of H-pyrrole nitrogens is 1. The first-order valence-electron chi connectivity index (χ1n) is 5.32. The van der Waals surface area contributed by atoms with E-state index in [1.165, 1.54) is 0 Å². The minimum absolute atomic E-state index is 0.0648. The third kappa shape index (κ3) is 3.58. The highest BCUT2D eigenvalue weighted by Crippen LogP contribution is 2.27. The maximum absolute atomic E-state index is 12.4. The van der Waals surface area contributed by atoms with E-state index in [1.54, 1.807) is 0 Å². The Kier molecular flexibility index (Phi) is 3.47. The Morgan fingerprint density at radius 1 is 1.00 bits per heavy atom. The minimum atomic E-state index is -4.88. The highest BCUT2D eigenvalue weighted by molar-refractivity contribution is 5.37. The average Bonchev–Trinajstić information content (AvgIpc) is 2.70. The van der Waals surface area contributed by atoms with E-state index in [0.29, 0.717) is 10.7 Å². The second-order valence-electron chi connectivity index (χ2n) is 3.88. The predicted octanol–water partition coefficient (Wildman–Crippen LogP) is 3.08. The number of rotatable bonds is 2. The number of benzene rings is 1. The molecule has 0 radical (unpaired) electrons. The first kappa shape index (κ1) is 15.0. The molecule has 2 rings (SSSR count). The fraction of sp³-hybridized carbons (Fsp3) is 0.182. The first-order valence-corrected chi connectivity index (χ1v) is 5.32. The SMILES string of the molecule is O=c1cc(C(F)(F)F)[nH]n1-c1ccc(OC(F)(F)F)cc1. The molecule has 4 nitrogen and oxygen atoms in total. The Morgan fingerprint density at radius 2 is 1.57 bits per heavy atom. The molecule has 0 aliphatic carbocycles. The number of aromatic nitrogens is 2. The molecule has 21 heavy (non-hydrogen) atoms. The van der Waals surface area contributed by atoms with Gasteiger partial charge in [-0.25, -0.2) is 4.68 Å². The Bertz CT molecular complexity index is 680. The van der Waals surface area contributed by atoms with Gasteiger partial charge >= 0.3 is 12.5 Å². The molecule has 0 saturated heterocycles. The monoisotopic (exact) mass is 312 g/mol. The molecule has 0 saturated carbocycles. The number of nitrogens with one attached hydrogen (secondary N) is 1. The van der Waals surface area contributed by atoms with Crippen LogP contribution in [0.3, 0.4) is 0 Å². The smallest absolute Gasteiger partial charge is 0.406 e. The van der Waals surface area contributed by atoms with Crippen LogP contribution in [-0.2, 0) is 6.18 Å². The zero-order chi connectivity index (χ0) is 15.8. The van der Waals surface area contributed by atoms with Gasteiger partial charge in [0.05, 0.1) is 5.69 Å². The Balaban J connectivity index is 2.31.